The van der Waals surface area contributed by atoms with E-state index in [0.717, 1.165) is 55.2 Å². The van der Waals surface area contributed by atoms with E-state index in [9.17, 15) is 9.18 Å². The lowest BCUT2D eigenvalue weighted by Crippen LogP contribution is -2.52. The average Bonchev–Trinajstić information content (AvgIpc) is 2.88. The molecular weight excluding hydrogens is 459 g/mol. The lowest BCUT2D eigenvalue weighted by Gasteiger charge is -2.42. The fourth-order valence-electron chi connectivity index (χ4n) is 5.11. The van der Waals surface area contributed by atoms with Gasteiger partial charge in [0.05, 0.1) is 6.54 Å². The van der Waals surface area contributed by atoms with Crippen molar-refractivity contribution in [1.29, 1.82) is 0 Å². The van der Waals surface area contributed by atoms with Gasteiger partial charge in [0.2, 0.25) is 0 Å². The molecule has 0 bridgehead atoms. The Balaban J connectivity index is 1.53. The molecule has 186 valence electrons. The predicted octanol–water partition coefficient (Wildman–Crippen LogP) is 5.20. The molecule has 1 saturated heterocycles. The van der Waals surface area contributed by atoms with Crippen LogP contribution in [-0.4, -0.2) is 45.1 Å². The smallest absolute Gasteiger partial charge is 0.253 e. The zero-order valence-corrected chi connectivity index (χ0v) is 21.4. The number of aromatic amines is 1. The molecule has 0 spiro atoms. The van der Waals surface area contributed by atoms with Crippen LogP contribution in [0, 0.1) is 5.82 Å². The first kappa shape index (κ1) is 25.3. The van der Waals surface area contributed by atoms with E-state index in [4.69, 9.17) is 12.2 Å². The summed E-state index contributed by atoms with van der Waals surface area (Å²) in [7, 11) is 0. The number of halogens is 1. The van der Waals surface area contributed by atoms with Gasteiger partial charge in [-0.15, -0.1) is 0 Å². The van der Waals surface area contributed by atoms with Gasteiger partial charge in [0, 0.05) is 42.8 Å². The van der Waals surface area contributed by atoms with Gasteiger partial charge in [-0.05, 0) is 73.1 Å². The third kappa shape index (κ3) is 6.27. The predicted molar refractivity (Wildman–Crippen MR) is 145 cm³/mol. The van der Waals surface area contributed by atoms with Crippen LogP contribution in [0.1, 0.15) is 50.7 Å². The van der Waals surface area contributed by atoms with Crippen LogP contribution in [-0.2, 0) is 13.1 Å². The second kappa shape index (κ2) is 11.8. The Morgan fingerprint density at radius 2 is 1.83 bits per heavy atom. The van der Waals surface area contributed by atoms with E-state index < -0.39 is 0 Å². The van der Waals surface area contributed by atoms with Crippen LogP contribution in [0.25, 0.3) is 10.9 Å². The third-order valence-corrected chi connectivity index (χ3v) is 7.57. The molecule has 0 radical (unpaired) electrons. The fraction of sp³-hybridized carbons (Fsp3) is 0.429. The summed E-state index contributed by atoms with van der Waals surface area (Å²) in [5.74, 6) is -0.252. The van der Waals surface area contributed by atoms with E-state index in [2.05, 4.69) is 33.9 Å². The Morgan fingerprint density at radius 1 is 1.14 bits per heavy atom. The molecule has 1 aromatic heterocycles. The minimum absolute atomic E-state index is 0.0792. The van der Waals surface area contributed by atoms with Crippen molar-refractivity contribution in [1.82, 2.24) is 20.1 Å². The number of thiocarbonyl (C=S) groups is 1. The number of piperidine rings is 1. The number of H-pyrrole nitrogens is 1. The van der Waals surface area contributed by atoms with Crippen molar-refractivity contribution in [3.63, 3.8) is 0 Å². The van der Waals surface area contributed by atoms with Crippen molar-refractivity contribution in [2.75, 3.05) is 13.1 Å². The molecule has 1 fully saturated rings. The Morgan fingerprint density at radius 3 is 2.51 bits per heavy atom. The number of hydrogen-bond donors (Lipinski definition) is 2. The molecule has 5 nitrogen and oxygen atoms in total. The second-order valence-corrected chi connectivity index (χ2v) is 9.75. The van der Waals surface area contributed by atoms with E-state index >= 15 is 0 Å². The highest BCUT2D eigenvalue weighted by Crippen LogP contribution is 2.23. The lowest BCUT2D eigenvalue weighted by atomic mass is 9.99. The lowest BCUT2D eigenvalue weighted by molar-refractivity contribution is 0.107. The molecule has 2 heterocycles. The van der Waals surface area contributed by atoms with Crippen LogP contribution in [0.15, 0.2) is 59.4 Å². The summed E-state index contributed by atoms with van der Waals surface area (Å²) < 4.78 is 13.3. The Bertz CT molecular complexity index is 1180. The summed E-state index contributed by atoms with van der Waals surface area (Å²) in [5, 5.41) is 5.00. The van der Waals surface area contributed by atoms with Crippen molar-refractivity contribution in [3.8, 4) is 0 Å². The highest BCUT2D eigenvalue weighted by atomic mass is 32.1. The van der Waals surface area contributed by atoms with Crippen molar-refractivity contribution in [3.05, 3.63) is 81.9 Å². The van der Waals surface area contributed by atoms with Gasteiger partial charge in [0.15, 0.2) is 5.11 Å². The molecular formula is C28H35FN4OS. The van der Waals surface area contributed by atoms with E-state index in [1.165, 1.54) is 12.1 Å². The highest BCUT2D eigenvalue weighted by molar-refractivity contribution is 7.80. The number of benzene rings is 2. The topological polar surface area (TPSA) is 51.4 Å². The van der Waals surface area contributed by atoms with Gasteiger partial charge in [-0.1, -0.05) is 44.2 Å². The molecule has 0 saturated carbocycles. The Labute approximate surface area is 212 Å². The van der Waals surface area contributed by atoms with Crippen molar-refractivity contribution < 1.29 is 4.39 Å². The number of hydrogen-bond acceptors (Lipinski definition) is 3. The van der Waals surface area contributed by atoms with Crippen LogP contribution in [0.2, 0.25) is 0 Å². The van der Waals surface area contributed by atoms with Crippen LogP contribution in [0.5, 0.6) is 0 Å². The van der Waals surface area contributed by atoms with Gasteiger partial charge in [-0.2, -0.15) is 0 Å². The molecule has 35 heavy (non-hydrogen) atoms. The van der Waals surface area contributed by atoms with Crippen LogP contribution in [0.4, 0.5) is 4.39 Å². The molecule has 3 aromatic rings. The fourth-order valence-corrected chi connectivity index (χ4v) is 5.40. The van der Waals surface area contributed by atoms with Gasteiger partial charge < -0.3 is 20.1 Å². The zero-order valence-electron chi connectivity index (χ0n) is 20.6. The molecule has 0 aliphatic carbocycles. The summed E-state index contributed by atoms with van der Waals surface area (Å²) in [6.07, 6.45) is 4.32. The van der Waals surface area contributed by atoms with Crippen molar-refractivity contribution in [2.24, 2.45) is 0 Å². The van der Waals surface area contributed by atoms with E-state index in [-0.39, 0.29) is 17.4 Å². The Kier molecular flexibility index (Phi) is 8.52. The first-order valence-corrected chi connectivity index (χ1v) is 13.0. The summed E-state index contributed by atoms with van der Waals surface area (Å²) in [4.78, 5) is 20.7. The maximum Gasteiger partial charge on any atom is 0.253 e. The first-order valence-electron chi connectivity index (χ1n) is 12.6. The van der Waals surface area contributed by atoms with Gasteiger partial charge >= 0.3 is 0 Å². The molecule has 0 unspecified atom stereocenters. The number of rotatable bonds is 8. The number of fused-ring (bicyclic) bond motifs is 1. The number of para-hydroxylation sites is 1. The monoisotopic (exact) mass is 494 g/mol. The quantitative estimate of drug-likeness (QED) is 0.422. The minimum atomic E-state index is -0.252. The van der Waals surface area contributed by atoms with Crippen molar-refractivity contribution >= 4 is 28.2 Å². The molecule has 4 rings (SSSR count). The average molecular weight is 495 g/mol. The third-order valence-electron chi connectivity index (χ3n) is 7.19. The van der Waals surface area contributed by atoms with Gasteiger partial charge in [-0.25, -0.2) is 4.39 Å². The van der Waals surface area contributed by atoms with Crippen molar-refractivity contribution in [2.45, 2.75) is 64.7 Å². The number of nitrogens with one attached hydrogen (secondary N) is 2. The standard InChI is InChI=1S/C28H35FN4OS/c1-3-24(4-2)32-15-13-25(14-16-32)33(28(35)30-18-20-9-11-23(29)12-10-20)19-22-17-21-7-5-6-8-26(21)31-27(22)34/h5-12,17,24-25H,3-4,13-16,18-19H2,1-2H3,(H,30,35)(H,31,34). The van der Waals surface area contributed by atoms with Gasteiger partial charge in [0.1, 0.15) is 5.82 Å². The van der Waals surface area contributed by atoms with E-state index in [1.54, 1.807) is 12.1 Å². The summed E-state index contributed by atoms with van der Waals surface area (Å²) in [5.41, 5.74) is 2.42. The molecule has 2 N–H and O–H groups in total. The maximum atomic E-state index is 13.3. The minimum Gasteiger partial charge on any atom is -0.358 e. The van der Waals surface area contributed by atoms with Gasteiger partial charge in [-0.3, -0.25) is 4.79 Å². The molecule has 0 atom stereocenters. The summed E-state index contributed by atoms with van der Waals surface area (Å²) in [6.45, 7) is 7.53. The molecule has 1 aliphatic heterocycles. The molecule has 0 amide bonds. The van der Waals surface area contributed by atoms with Crippen LogP contribution < -0.4 is 10.9 Å². The number of likely N-dealkylation sites (tertiary alicyclic amines) is 1. The van der Waals surface area contributed by atoms with E-state index in [0.29, 0.717) is 29.8 Å². The molecule has 2 aromatic carbocycles. The number of aromatic nitrogens is 1. The number of pyridine rings is 1. The van der Waals surface area contributed by atoms with Gasteiger partial charge in [0.25, 0.3) is 5.56 Å². The number of nitrogens with zero attached hydrogens (tertiary/aromatic N) is 2. The highest BCUT2D eigenvalue weighted by Gasteiger charge is 2.29. The second-order valence-electron chi connectivity index (χ2n) is 9.36. The SMILES string of the molecule is CCC(CC)N1CCC(N(Cc2cc3ccccc3[nH]c2=O)C(=S)NCc2ccc(F)cc2)CC1. The van der Waals surface area contributed by atoms with Crippen LogP contribution >= 0.6 is 12.2 Å². The first-order chi connectivity index (χ1) is 17.0. The molecule has 7 heteroatoms. The van der Waals surface area contributed by atoms with E-state index in [1.807, 2.05) is 30.3 Å². The largest absolute Gasteiger partial charge is 0.358 e. The maximum absolute atomic E-state index is 13.3. The Hall–Kier alpha value is -2.77. The zero-order chi connectivity index (χ0) is 24.8. The normalized spacial score (nSPS) is 15.0. The van der Waals surface area contributed by atoms with Crippen LogP contribution in [0.3, 0.4) is 0 Å². The molecule has 1 aliphatic rings. The summed E-state index contributed by atoms with van der Waals surface area (Å²) >= 11 is 5.86. The summed E-state index contributed by atoms with van der Waals surface area (Å²) in [6, 6.07) is 17.1.